The Morgan fingerprint density at radius 2 is 2.17 bits per heavy atom. The van der Waals surface area contributed by atoms with Gasteiger partial charge in [0.2, 0.25) is 0 Å². The number of nitrogens with one attached hydrogen (secondary N) is 1. The molecule has 0 saturated heterocycles. The Balaban J connectivity index is 2.01. The summed E-state index contributed by atoms with van der Waals surface area (Å²) < 4.78 is 0. The van der Waals surface area contributed by atoms with Crippen molar-refractivity contribution in [3.63, 3.8) is 0 Å². The zero-order valence-corrected chi connectivity index (χ0v) is 9.92. The summed E-state index contributed by atoms with van der Waals surface area (Å²) in [6, 6.07) is 1.58. The third kappa shape index (κ3) is 2.79. The quantitative estimate of drug-likeness (QED) is 0.827. The van der Waals surface area contributed by atoms with Crippen molar-refractivity contribution in [1.29, 1.82) is 0 Å². The second-order valence-corrected chi connectivity index (χ2v) is 3.79. The van der Waals surface area contributed by atoms with E-state index in [0.717, 1.165) is 5.69 Å². The number of rotatable bonds is 3. The topological polar surface area (TPSA) is 93.8 Å². The van der Waals surface area contributed by atoms with Crippen molar-refractivity contribution >= 4 is 11.6 Å². The number of nitrogens with two attached hydrogens (primary N) is 1. The van der Waals surface area contributed by atoms with Crippen LogP contribution in [0.4, 0.5) is 5.69 Å². The molecule has 2 rings (SSSR count). The summed E-state index contributed by atoms with van der Waals surface area (Å²) in [6.45, 7) is 2.16. The van der Waals surface area contributed by atoms with E-state index in [2.05, 4.69) is 20.3 Å². The number of aryl methyl sites for hydroxylation is 1. The van der Waals surface area contributed by atoms with Crippen LogP contribution in [0.15, 0.2) is 30.9 Å². The predicted octanol–water partition coefficient (Wildman–Crippen LogP) is 0.692. The minimum Gasteiger partial charge on any atom is -0.398 e. The maximum atomic E-state index is 11.8. The normalized spacial score (nSPS) is 10.1. The summed E-state index contributed by atoms with van der Waals surface area (Å²) in [4.78, 5) is 23.9. The molecule has 0 unspecified atom stereocenters. The molecule has 0 fully saturated rings. The predicted molar refractivity (Wildman–Crippen MR) is 66.6 cm³/mol. The molecule has 2 aromatic rings. The Hall–Kier alpha value is -2.50. The lowest BCUT2D eigenvalue weighted by Gasteiger charge is -2.06. The lowest BCUT2D eigenvalue weighted by atomic mass is 10.2. The fourth-order valence-electron chi connectivity index (χ4n) is 1.37. The highest BCUT2D eigenvalue weighted by atomic mass is 16.1. The zero-order chi connectivity index (χ0) is 13.0. The molecule has 92 valence electrons. The fraction of sp³-hybridized carbons (Fsp3) is 0.167. The Bertz CT molecular complexity index is 553. The minimum absolute atomic E-state index is 0.275. The summed E-state index contributed by atoms with van der Waals surface area (Å²) in [5.74, 6) is -0.275. The number of anilines is 1. The number of carbonyl (C=O) groups is 1. The van der Waals surface area contributed by atoms with Crippen LogP contribution in [-0.4, -0.2) is 20.9 Å². The molecule has 0 aliphatic rings. The number of aromatic nitrogens is 3. The highest BCUT2D eigenvalue weighted by Crippen LogP contribution is 2.08. The van der Waals surface area contributed by atoms with Crippen molar-refractivity contribution in [2.45, 2.75) is 13.5 Å². The smallest absolute Gasteiger partial charge is 0.255 e. The van der Waals surface area contributed by atoms with Gasteiger partial charge in [-0.3, -0.25) is 19.7 Å². The Kier molecular flexibility index (Phi) is 3.47. The highest BCUT2D eigenvalue weighted by molar-refractivity contribution is 5.98. The van der Waals surface area contributed by atoms with E-state index in [1.54, 1.807) is 18.5 Å². The average Bonchev–Trinajstić information content (AvgIpc) is 2.38. The monoisotopic (exact) mass is 243 g/mol. The first-order chi connectivity index (χ1) is 8.66. The number of pyridine rings is 1. The first-order valence-electron chi connectivity index (χ1n) is 5.42. The van der Waals surface area contributed by atoms with Crippen LogP contribution in [-0.2, 0) is 6.54 Å². The van der Waals surface area contributed by atoms with Gasteiger partial charge in [0.15, 0.2) is 0 Å². The number of hydrogen-bond donors (Lipinski definition) is 2. The summed E-state index contributed by atoms with van der Waals surface area (Å²) in [6.07, 6.45) is 6.26. The molecule has 6 nitrogen and oxygen atoms in total. The molecular formula is C12H13N5O. The molecule has 0 saturated carbocycles. The molecular weight excluding hydrogens is 230 g/mol. The molecule has 0 spiro atoms. The van der Waals surface area contributed by atoms with Gasteiger partial charge >= 0.3 is 0 Å². The lowest BCUT2D eigenvalue weighted by Crippen LogP contribution is -2.24. The number of nitrogen functional groups attached to an aromatic ring is 1. The van der Waals surface area contributed by atoms with E-state index in [-0.39, 0.29) is 5.91 Å². The first kappa shape index (κ1) is 12.0. The van der Waals surface area contributed by atoms with Crippen LogP contribution in [0, 0.1) is 6.92 Å². The van der Waals surface area contributed by atoms with Crippen molar-refractivity contribution in [3.8, 4) is 0 Å². The van der Waals surface area contributed by atoms with Gasteiger partial charge in [-0.25, -0.2) is 0 Å². The SMILES string of the molecule is Cc1cnc(CNC(=O)c2cnccc2N)cn1. The summed E-state index contributed by atoms with van der Waals surface area (Å²) >= 11 is 0. The molecule has 0 aliphatic heterocycles. The Morgan fingerprint density at radius 1 is 1.33 bits per heavy atom. The molecule has 2 aromatic heterocycles. The van der Waals surface area contributed by atoms with Crippen molar-refractivity contribution in [2.75, 3.05) is 5.73 Å². The molecule has 2 heterocycles. The standard InChI is InChI=1S/C12H13N5O/c1-8-4-16-9(5-15-8)6-17-12(18)10-7-14-3-2-11(10)13/h2-5,7H,6H2,1H3,(H2,13,14)(H,17,18). The van der Waals surface area contributed by atoms with E-state index in [1.807, 2.05) is 6.92 Å². The van der Waals surface area contributed by atoms with Crippen LogP contribution < -0.4 is 11.1 Å². The molecule has 0 atom stereocenters. The van der Waals surface area contributed by atoms with Crippen molar-refractivity contribution in [1.82, 2.24) is 20.3 Å². The summed E-state index contributed by atoms with van der Waals surface area (Å²) in [5.41, 5.74) is 7.97. The number of carbonyl (C=O) groups excluding carboxylic acids is 1. The van der Waals surface area contributed by atoms with Gasteiger partial charge in [-0.15, -0.1) is 0 Å². The average molecular weight is 243 g/mol. The molecule has 6 heteroatoms. The number of hydrogen-bond acceptors (Lipinski definition) is 5. The number of nitrogens with zero attached hydrogens (tertiary/aromatic N) is 3. The second kappa shape index (κ2) is 5.22. The van der Waals surface area contributed by atoms with Gasteiger partial charge < -0.3 is 11.1 Å². The van der Waals surface area contributed by atoms with Crippen LogP contribution in [0.3, 0.4) is 0 Å². The van der Waals surface area contributed by atoms with Gasteiger partial charge in [-0.2, -0.15) is 0 Å². The third-order valence-corrected chi connectivity index (χ3v) is 2.36. The van der Waals surface area contributed by atoms with Gasteiger partial charge in [0.05, 0.1) is 29.7 Å². The van der Waals surface area contributed by atoms with Crippen LogP contribution >= 0.6 is 0 Å². The van der Waals surface area contributed by atoms with Crippen molar-refractivity contribution in [2.24, 2.45) is 0 Å². The van der Waals surface area contributed by atoms with Gasteiger partial charge in [0.25, 0.3) is 5.91 Å². The van der Waals surface area contributed by atoms with E-state index in [0.29, 0.717) is 23.5 Å². The van der Waals surface area contributed by atoms with Crippen LogP contribution in [0.5, 0.6) is 0 Å². The van der Waals surface area contributed by atoms with Crippen molar-refractivity contribution in [3.05, 3.63) is 47.8 Å². The van der Waals surface area contributed by atoms with Crippen molar-refractivity contribution < 1.29 is 4.79 Å². The maximum absolute atomic E-state index is 11.8. The summed E-state index contributed by atoms with van der Waals surface area (Å²) in [5, 5.41) is 2.71. The molecule has 0 aliphatic carbocycles. The van der Waals surface area contributed by atoms with Crippen LogP contribution in [0.1, 0.15) is 21.7 Å². The second-order valence-electron chi connectivity index (χ2n) is 3.79. The Morgan fingerprint density at radius 3 is 2.83 bits per heavy atom. The highest BCUT2D eigenvalue weighted by Gasteiger charge is 2.09. The molecule has 3 N–H and O–H groups in total. The van der Waals surface area contributed by atoms with Gasteiger partial charge in [-0.05, 0) is 13.0 Å². The summed E-state index contributed by atoms with van der Waals surface area (Å²) in [7, 11) is 0. The minimum atomic E-state index is -0.275. The zero-order valence-electron chi connectivity index (χ0n) is 9.92. The third-order valence-electron chi connectivity index (χ3n) is 2.36. The fourth-order valence-corrected chi connectivity index (χ4v) is 1.37. The van der Waals surface area contributed by atoms with E-state index in [1.165, 1.54) is 12.4 Å². The first-order valence-corrected chi connectivity index (χ1v) is 5.42. The maximum Gasteiger partial charge on any atom is 0.255 e. The lowest BCUT2D eigenvalue weighted by molar-refractivity contribution is 0.0951. The Labute approximate surface area is 104 Å². The van der Waals surface area contributed by atoms with E-state index < -0.39 is 0 Å². The number of amides is 1. The van der Waals surface area contributed by atoms with Gasteiger partial charge in [-0.1, -0.05) is 0 Å². The van der Waals surface area contributed by atoms with E-state index in [9.17, 15) is 4.79 Å². The van der Waals surface area contributed by atoms with Crippen LogP contribution in [0.2, 0.25) is 0 Å². The molecule has 0 aromatic carbocycles. The molecule has 1 amide bonds. The molecule has 0 bridgehead atoms. The van der Waals surface area contributed by atoms with Crippen LogP contribution in [0.25, 0.3) is 0 Å². The van der Waals surface area contributed by atoms with E-state index in [4.69, 9.17) is 5.73 Å². The van der Waals surface area contributed by atoms with Gasteiger partial charge in [0.1, 0.15) is 0 Å². The molecule has 18 heavy (non-hydrogen) atoms. The molecule has 0 radical (unpaired) electrons. The largest absolute Gasteiger partial charge is 0.398 e. The van der Waals surface area contributed by atoms with Gasteiger partial charge in [0, 0.05) is 24.3 Å². The van der Waals surface area contributed by atoms with E-state index >= 15 is 0 Å².